The molecule has 0 bridgehead atoms. The van der Waals surface area contributed by atoms with Crippen molar-refractivity contribution >= 4 is 23.5 Å². The maximum Gasteiger partial charge on any atom is 0.270 e. The van der Waals surface area contributed by atoms with Gasteiger partial charge < -0.3 is 15.2 Å². The fraction of sp³-hybridized carbons (Fsp3) is 0.474. The van der Waals surface area contributed by atoms with Crippen LogP contribution in [-0.4, -0.2) is 33.7 Å². The number of aromatic hydroxyl groups is 1. The van der Waals surface area contributed by atoms with Gasteiger partial charge in [0.05, 0.1) is 29.7 Å². The first kappa shape index (κ1) is 18.0. The summed E-state index contributed by atoms with van der Waals surface area (Å²) in [6.07, 6.45) is 5.44. The van der Waals surface area contributed by atoms with Gasteiger partial charge in [-0.3, -0.25) is 19.4 Å². The zero-order chi connectivity index (χ0) is 19.0. The van der Waals surface area contributed by atoms with Crippen LogP contribution >= 0.6 is 11.8 Å². The zero-order valence-corrected chi connectivity index (χ0v) is 16.0. The normalized spacial score (nSPS) is 20.6. The van der Waals surface area contributed by atoms with Crippen molar-refractivity contribution in [2.24, 2.45) is 0 Å². The predicted octanol–water partition coefficient (Wildman–Crippen LogP) is 3.17. The number of rotatable bonds is 3. The number of phenolic OH excluding ortho intramolecular Hbond substituents is 1. The number of nitrogens with zero attached hydrogens (tertiary/aromatic N) is 1. The number of carbonyl (C=O) groups is 1. The number of phenols is 1. The molecule has 1 fully saturated rings. The number of anilines is 1. The molecule has 1 aliphatic heterocycles. The van der Waals surface area contributed by atoms with Crippen molar-refractivity contribution in [3.8, 4) is 11.5 Å². The summed E-state index contributed by atoms with van der Waals surface area (Å²) in [4.78, 5) is 25.2. The number of hydrogen-bond acceptors (Lipinski definition) is 5. The molecule has 1 saturated carbocycles. The van der Waals surface area contributed by atoms with Crippen LogP contribution in [0.2, 0.25) is 0 Å². The standard InChI is InChI=1S/C19H23N3O4S/c1-26-14-8-7-11(9-13(14)23)17-16-18(20-15(24)10-27-17)22(21-19(16)25)12-5-3-2-4-6-12/h7-9,12,17,23H,2-6,10H2,1H3,(H,20,24)(H,21,25)/t17-/m0/s1. The van der Waals surface area contributed by atoms with E-state index in [9.17, 15) is 14.7 Å². The van der Waals surface area contributed by atoms with Crippen LogP contribution < -0.4 is 15.6 Å². The summed E-state index contributed by atoms with van der Waals surface area (Å²) in [5.74, 6) is 1.09. The Morgan fingerprint density at radius 2 is 2.00 bits per heavy atom. The fourth-order valence-corrected chi connectivity index (χ4v) is 5.10. The van der Waals surface area contributed by atoms with Crippen molar-refractivity contribution in [3.63, 3.8) is 0 Å². The largest absolute Gasteiger partial charge is 0.504 e. The van der Waals surface area contributed by atoms with Crippen LogP contribution in [0.3, 0.4) is 0 Å². The molecule has 0 radical (unpaired) electrons. The summed E-state index contributed by atoms with van der Waals surface area (Å²) in [7, 11) is 1.49. The highest BCUT2D eigenvalue weighted by atomic mass is 32.2. The molecule has 144 valence electrons. The highest BCUT2D eigenvalue weighted by molar-refractivity contribution is 8.00. The predicted molar refractivity (Wildman–Crippen MR) is 105 cm³/mol. The van der Waals surface area contributed by atoms with Gasteiger partial charge in [0.15, 0.2) is 11.5 Å². The van der Waals surface area contributed by atoms with Crippen LogP contribution in [0.4, 0.5) is 5.82 Å². The first-order chi connectivity index (χ1) is 13.1. The highest BCUT2D eigenvalue weighted by Gasteiger charge is 2.32. The number of methoxy groups -OCH3 is 1. The lowest BCUT2D eigenvalue weighted by atomic mass is 9.95. The molecule has 4 rings (SSSR count). The van der Waals surface area contributed by atoms with E-state index in [1.807, 2.05) is 10.7 Å². The van der Waals surface area contributed by atoms with Gasteiger partial charge >= 0.3 is 0 Å². The molecule has 7 nitrogen and oxygen atoms in total. The van der Waals surface area contributed by atoms with Crippen LogP contribution in [0, 0.1) is 0 Å². The molecule has 3 N–H and O–H groups in total. The first-order valence-electron chi connectivity index (χ1n) is 9.21. The van der Waals surface area contributed by atoms with E-state index in [0.29, 0.717) is 17.1 Å². The third-order valence-corrected chi connectivity index (χ3v) is 6.58. The molecule has 0 spiro atoms. The van der Waals surface area contributed by atoms with Crippen molar-refractivity contribution < 1.29 is 14.6 Å². The average molecular weight is 389 g/mol. The Morgan fingerprint density at radius 1 is 1.22 bits per heavy atom. The number of fused-ring (bicyclic) bond motifs is 1. The van der Waals surface area contributed by atoms with E-state index >= 15 is 0 Å². The smallest absolute Gasteiger partial charge is 0.270 e. The van der Waals surface area contributed by atoms with Gasteiger partial charge in [0.25, 0.3) is 5.56 Å². The molecule has 2 heterocycles. The zero-order valence-electron chi connectivity index (χ0n) is 15.2. The molecule has 0 unspecified atom stereocenters. The topological polar surface area (TPSA) is 96.4 Å². The second-order valence-corrected chi connectivity index (χ2v) is 8.13. The lowest BCUT2D eigenvalue weighted by Gasteiger charge is -2.24. The van der Waals surface area contributed by atoms with E-state index in [4.69, 9.17) is 4.74 Å². The number of hydrogen-bond donors (Lipinski definition) is 3. The molecule has 27 heavy (non-hydrogen) atoms. The number of nitrogens with one attached hydrogen (secondary N) is 2. The SMILES string of the molecule is COc1ccc([C@@H]2SCC(=O)Nc3c2c(=O)[nH]n3C2CCCCC2)cc1O. The number of thioether (sulfide) groups is 1. The molecular weight excluding hydrogens is 366 g/mol. The minimum atomic E-state index is -0.343. The molecule has 1 amide bonds. The number of ether oxygens (including phenoxy) is 1. The Hall–Kier alpha value is -2.35. The van der Waals surface area contributed by atoms with E-state index < -0.39 is 0 Å². The maximum absolute atomic E-state index is 12.9. The first-order valence-corrected chi connectivity index (χ1v) is 10.3. The summed E-state index contributed by atoms with van der Waals surface area (Å²) < 4.78 is 6.97. The Labute approximate surface area is 161 Å². The number of amides is 1. The number of benzene rings is 1. The third kappa shape index (κ3) is 3.34. The van der Waals surface area contributed by atoms with E-state index in [1.165, 1.54) is 25.3 Å². The molecule has 8 heteroatoms. The van der Waals surface area contributed by atoms with Crippen molar-refractivity contribution in [1.29, 1.82) is 0 Å². The second-order valence-electron chi connectivity index (χ2n) is 7.04. The number of aromatic nitrogens is 2. The van der Waals surface area contributed by atoms with Gasteiger partial charge in [0, 0.05) is 0 Å². The van der Waals surface area contributed by atoms with Crippen molar-refractivity contribution in [2.75, 3.05) is 18.2 Å². The van der Waals surface area contributed by atoms with Crippen LogP contribution in [-0.2, 0) is 4.79 Å². The minimum absolute atomic E-state index is 0.0174. The van der Waals surface area contributed by atoms with Gasteiger partial charge in [-0.05, 0) is 30.5 Å². The third-order valence-electron chi connectivity index (χ3n) is 5.31. The van der Waals surface area contributed by atoms with Crippen molar-refractivity contribution in [3.05, 3.63) is 39.7 Å². The average Bonchev–Trinajstić information content (AvgIpc) is 2.88. The van der Waals surface area contributed by atoms with Crippen molar-refractivity contribution in [1.82, 2.24) is 9.78 Å². The second kappa shape index (κ2) is 7.34. The molecule has 1 aliphatic carbocycles. The minimum Gasteiger partial charge on any atom is -0.504 e. The van der Waals surface area contributed by atoms with Gasteiger partial charge in [0.2, 0.25) is 5.91 Å². The van der Waals surface area contributed by atoms with E-state index in [1.54, 1.807) is 12.1 Å². The lowest BCUT2D eigenvalue weighted by Crippen LogP contribution is -2.21. The van der Waals surface area contributed by atoms with Crippen LogP contribution in [0.5, 0.6) is 11.5 Å². The van der Waals surface area contributed by atoms with Gasteiger partial charge in [-0.1, -0.05) is 25.3 Å². The van der Waals surface area contributed by atoms with E-state index in [0.717, 1.165) is 31.2 Å². The number of H-pyrrole nitrogens is 1. The van der Waals surface area contributed by atoms with Crippen LogP contribution in [0.25, 0.3) is 0 Å². The van der Waals surface area contributed by atoms with Crippen molar-refractivity contribution in [2.45, 2.75) is 43.4 Å². The Bertz CT molecular complexity index is 914. The van der Waals surface area contributed by atoms with Gasteiger partial charge in [-0.15, -0.1) is 11.8 Å². The number of carbonyl (C=O) groups excluding carboxylic acids is 1. The summed E-state index contributed by atoms with van der Waals surface area (Å²) in [6.45, 7) is 0. The molecule has 1 atom stereocenters. The van der Waals surface area contributed by atoms with Gasteiger partial charge in [0.1, 0.15) is 5.82 Å². The Morgan fingerprint density at radius 3 is 2.70 bits per heavy atom. The Balaban J connectivity index is 1.80. The molecular formula is C19H23N3O4S. The summed E-state index contributed by atoms with van der Waals surface area (Å²) in [5.41, 5.74) is 1.12. The summed E-state index contributed by atoms with van der Waals surface area (Å²) in [6, 6.07) is 5.31. The molecule has 2 aliphatic rings. The fourth-order valence-electron chi connectivity index (χ4n) is 3.99. The maximum atomic E-state index is 12.9. The molecule has 1 aromatic carbocycles. The Kier molecular flexibility index (Phi) is 4.90. The highest BCUT2D eigenvalue weighted by Crippen LogP contribution is 2.43. The van der Waals surface area contributed by atoms with Gasteiger partial charge in [-0.2, -0.15) is 0 Å². The molecule has 2 aromatic rings. The van der Waals surface area contributed by atoms with Crippen LogP contribution in [0.15, 0.2) is 23.0 Å². The summed E-state index contributed by atoms with van der Waals surface area (Å²) >= 11 is 1.39. The monoisotopic (exact) mass is 389 g/mol. The number of aromatic amines is 1. The van der Waals surface area contributed by atoms with Crippen LogP contribution in [0.1, 0.15) is 54.5 Å². The molecule has 1 aromatic heterocycles. The van der Waals surface area contributed by atoms with Gasteiger partial charge in [-0.25, -0.2) is 0 Å². The molecule has 0 saturated heterocycles. The summed E-state index contributed by atoms with van der Waals surface area (Å²) in [5, 5.41) is 15.7. The lowest BCUT2D eigenvalue weighted by molar-refractivity contribution is -0.113. The van der Waals surface area contributed by atoms with E-state index in [-0.39, 0.29) is 34.3 Å². The van der Waals surface area contributed by atoms with E-state index in [2.05, 4.69) is 10.4 Å². The quantitative estimate of drug-likeness (QED) is 0.749.